The second-order valence-electron chi connectivity index (χ2n) is 7.68. The van der Waals surface area contributed by atoms with Crippen molar-refractivity contribution in [3.63, 3.8) is 0 Å². The lowest BCUT2D eigenvalue weighted by Crippen LogP contribution is -2.28. The van der Waals surface area contributed by atoms with Crippen LogP contribution in [0.4, 0.5) is 4.39 Å². The third kappa shape index (κ3) is 5.85. The van der Waals surface area contributed by atoms with Crippen molar-refractivity contribution in [3.05, 3.63) is 59.9 Å². The van der Waals surface area contributed by atoms with Gasteiger partial charge in [-0.3, -0.25) is 4.79 Å². The summed E-state index contributed by atoms with van der Waals surface area (Å²) < 4.78 is 21.5. The largest absolute Gasteiger partial charge is 0.497 e. The van der Waals surface area contributed by atoms with Gasteiger partial charge in [0.1, 0.15) is 11.6 Å². The highest BCUT2D eigenvalue weighted by Gasteiger charge is 2.19. The van der Waals surface area contributed by atoms with Crippen molar-refractivity contribution >= 4 is 17.7 Å². The Morgan fingerprint density at radius 3 is 2.68 bits per heavy atom. The highest BCUT2D eigenvalue weighted by Crippen LogP contribution is 2.27. The van der Waals surface area contributed by atoms with Gasteiger partial charge in [-0.25, -0.2) is 4.39 Å². The van der Waals surface area contributed by atoms with E-state index in [-0.39, 0.29) is 17.5 Å². The standard InChI is InChI=1S/C23H27FN4O2S/c1-16(2)13-28-22(19-10-5-6-11-20(19)24)25-26-23(28)31-15-21(29)27(3)14-17-8-7-9-18(12-17)30-4/h5-12,16H,13-15H2,1-4H3. The van der Waals surface area contributed by atoms with Gasteiger partial charge in [-0.2, -0.15) is 0 Å². The summed E-state index contributed by atoms with van der Waals surface area (Å²) in [6, 6.07) is 14.2. The molecule has 0 fully saturated rings. The van der Waals surface area contributed by atoms with Crippen molar-refractivity contribution in [2.75, 3.05) is 19.9 Å². The fourth-order valence-electron chi connectivity index (χ4n) is 3.14. The molecule has 164 valence electrons. The Kier molecular flexibility index (Phi) is 7.68. The first-order chi connectivity index (χ1) is 14.9. The number of carbonyl (C=O) groups excluding carboxylic acids is 1. The molecule has 3 rings (SSSR count). The average Bonchev–Trinajstić information content (AvgIpc) is 3.13. The van der Waals surface area contributed by atoms with E-state index in [9.17, 15) is 9.18 Å². The number of thioether (sulfide) groups is 1. The molecular weight excluding hydrogens is 415 g/mol. The van der Waals surface area contributed by atoms with Crippen LogP contribution in [0.1, 0.15) is 19.4 Å². The first-order valence-corrected chi connectivity index (χ1v) is 11.1. The zero-order chi connectivity index (χ0) is 22.4. The van der Waals surface area contributed by atoms with E-state index in [4.69, 9.17) is 4.74 Å². The Labute approximate surface area is 186 Å². The van der Waals surface area contributed by atoms with E-state index in [1.807, 2.05) is 28.8 Å². The van der Waals surface area contributed by atoms with Crippen LogP contribution in [-0.2, 0) is 17.9 Å². The summed E-state index contributed by atoms with van der Waals surface area (Å²) in [6.07, 6.45) is 0. The quantitative estimate of drug-likeness (QED) is 0.457. The monoisotopic (exact) mass is 442 g/mol. The Balaban J connectivity index is 1.71. The molecule has 2 aromatic carbocycles. The number of methoxy groups -OCH3 is 1. The molecule has 0 saturated heterocycles. The van der Waals surface area contributed by atoms with E-state index >= 15 is 0 Å². The number of rotatable bonds is 9. The molecule has 3 aromatic rings. The Bertz CT molecular complexity index is 1040. The van der Waals surface area contributed by atoms with E-state index < -0.39 is 0 Å². The van der Waals surface area contributed by atoms with Crippen LogP contribution in [0.5, 0.6) is 5.75 Å². The van der Waals surface area contributed by atoms with Crippen LogP contribution in [0.2, 0.25) is 0 Å². The minimum absolute atomic E-state index is 0.0284. The van der Waals surface area contributed by atoms with Crippen molar-refractivity contribution < 1.29 is 13.9 Å². The van der Waals surface area contributed by atoms with Crippen LogP contribution in [0, 0.1) is 11.7 Å². The fourth-order valence-corrected chi connectivity index (χ4v) is 4.02. The molecule has 0 aliphatic heterocycles. The average molecular weight is 443 g/mol. The fraction of sp³-hybridized carbons (Fsp3) is 0.348. The maximum atomic E-state index is 14.3. The SMILES string of the molecule is COc1cccc(CN(C)C(=O)CSc2nnc(-c3ccccc3F)n2CC(C)C)c1. The number of amides is 1. The van der Waals surface area contributed by atoms with Crippen LogP contribution >= 0.6 is 11.8 Å². The topological polar surface area (TPSA) is 60.2 Å². The number of hydrogen-bond acceptors (Lipinski definition) is 5. The summed E-state index contributed by atoms with van der Waals surface area (Å²) in [4.78, 5) is 14.4. The van der Waals surface area contributed by atoms with Gasteiger partial charge in [0.25, 0.3) is 0 Å². The number of nitrogens with zero attached hydrogens (tertiary/aromatic N) is 4. The summed E-state index contributed by atoms with van der Waals surface area (Å²) in [6.45, 7) is 5.27. The molecule has 0 radical (unpaired) electrons. The van der Waals surface area contributed by atoms with Gasteiger partial charge in [0.05, 0.1) is 18.4 Å². The first-order valence-electron chi connectivity index (χ1n) is 10.1. The molecule has 1 heterocycles. The lowest BCUT2D eigenvalue weighted by atomic mass is 10.2. The van der Waals surface area contributed by atoms with Crippen molar-refractivity contribution in [2.24, 2.45) is 5.92 Å². The van der Waals surface area contributed by atoms with Crippen molar-refractivity contribution in [1.29, 1.82) is 0 Å². The molecule has 0 aliphatic rings. The smallest absolute Gasteiger partial charge is 0.233 e. The number of halogens is 1. The predicted molar refractivity (Wildman–Crippen MR) is 120 cm³/mol. The van der Waals surface area contributed by atoms with Crippen LogP contribution in [0.3, 0.4) is 0 Å². The Morgan fingerprint density at radius 1 is 1.19 bits per heavy atom. The van der Waals surface area contributed by atoms with Crippen molar-refractivity contribution in [2.45, 2.75) is 32.1 Å². The Morgan fingerprint density at radius 2 is 1.97 bits per heavy atom. The predicted octanol–water partition coefficient (Wildman–Crippen LogP) is 4.50. The molecule has 0 spiro atoms. The first kappa shape index (κ1) is 22.8. The second kappa shape index (κ2) is 10.4. The van der Waals surface area contributed by atoms with Gasteiger partial charge in [0, 0.05) is 20.1 Å². The van der Waals surface area contributed by atoms with Gasteiger partial charge in [-0.05, 0) is 35.7 Å². The number of ether oxygens (including phenoxy) is 1. The number of benzene rings is 2. The van der Waals surface area contributed by atoms with E-state index in [1.165, 1.54) is 17.8 Å². The summed E-state index contributed by atoms with van der Waals surface area (Å²) in [5.74, 6) is 1.40. The third-order valence-corrected chi connectivity index (χ3v) is 5.64. The molecule has 1 amide bonds. The van der Waals surface area contributed by atoms with Gasteiger partial charge >= 0.3 is 0 Å². The highest BCUT2D eigenvalue weighted by molar-refractivity contribution is 7.99. The number of hydrogen-bond donors (Lipinski definition) is 0. The summed E-state index contributed by atoms with van der Waals surface area (Å²) in [5, 5.41) is 9.08. The van der Waals surface area contributed by atoms with Crippen molar-refractivity contribution in [3.8, 4) is 17.1 Å². The molecule has 0 N–H and O–H groups in total. The van der Waals surface area contributed by atoms with Gasteiger partial charge in [-0.1, -0.05) is 49.9 Å². The van der Waals surface area contributed by atoms with E-state index in [2.05, 4.69) is 24.0 Å². The molecule has 8 heteroatoms. The normalized spacial score (nSPS) is 11.0. The van der Waals surface area contributed by atoms with E-state index in [0.29, 0.717) is 35.6 Å². The van der Waals surface area contributed by atoms with Gasteiger partial charge in [0.15, 0.2) is 11.0 Å². The van der Waals surface area contributed by atoms with Crippen LogP contribution in [0.25, 0.3) is 11.4 Å². The van der Waals surface area contributed by atoms with Crippen LogP contribution < -0.4 is 4.74 Å². The van der Waals surface area contributed by atoms with Gasteiger partial charge in [-0.15, -0.1) is 10.2 Å². The second-order valence-corrected chi connectivity index (χ2v) is 8.62. The summed E-state index contributed by atoms with van der Waals surface area (Å²) in [7, 11) is 3.39. The number of carbonyl (C=O) groups is 1. The molecular formula is C23H27FN4O2S. The Hall–Kier alpha value is -2.87. The van der Waals surface area contributed by atoms with Crippen molar-refractivity contribution in [1.82, 2.24) is 19.7 Å². The number of aromatic nitrogens is 3. The van der Waals surface area contributed by atoms with Gasteiger partial charge < -0.3 is 14.2 Å². The van der Waals surface area contributed by atoms with E-state index in [0.717, 1.165) is 11.3 Å². The minimum atomic E-state index is -0.342. The lowest BCUT2D eigenvalue weighted by molar-refractivity contribution is -0.127. The van der Waals surface area contributed by atoms with E-state index in [1.54, 1.807) is 37.3 Å². The molecule has 6 nitrogen and oxygen atoms in total. The zero-order valence-electron chi connectivity index (χ0n) is 18.2. The van der Waals surface area contributed by atoms with Gasteiger partial charge in [0.2, 0.25) is 5.91 Å². The summed E-state index contributed by atoms with van der Waals surface area (Å²) in [5.41, 5.74) is 1.40. The molecule has 0 bridgehead atoms. The molecule has 31 heavy (non-hydrogen) atoms. The third-order valence-electron chi connectivity index (χ3n) is 4.68. The summed E-state index contributed by atoms with van der Waals surface area (Å²) >= 11 is 1.32. The zero-order valence-corrected chi connectivity index (χ0v) is 19.0. The highest BCUT2D eigenvalue weighted by atomic mass is 32.2. The molecule has 0 saturated carbocycles. The van der Waals surface area contributed by atoms with Crippen LogP contribution in [-0.4, -0.2) is 45.5 Å². The molecule has 0 atom stereocenters. The van der Waals surface area contributed by atoms with Crippen LogP contribution in [0.15, 0.2) is 53.7 Å². The lowest BCUT2D eigenvalue weighted by Gasteiger charge is -2.18. The maximum Gasteiger partial charge on any atom is 0.233 e. The molecule has 1 aromatic heterocycles. The minimum Gasteiger partial charge on any atom is -0.497 e. The molecule has 0 aliphatic carbocycles. The maximum absolute atomic E-state index is 14.3. The molecule has 0 unspecified atom stereocenters.